The van der Waals surface area contributed by atoms with Gasteiger partial charge in [0.15, 0.2) is 0 Å². The second-order valence-corrected chi connectivity index (χ2v) is 5.60. The highest BCUT2D eigenvalue weighted by Crippen LogP contribution is 2.37. The van der Waals surface area contributed by atoms with E-state index >= 15 is 0 Å². The Balaban J connectivity index is 2.50. The van der Waals surface area contributed by atoms with Crippen LogP contribution >= 0.6 is 0 Å². The minimum atomic E-state index is 0.113. The molecule has 0 saturated heterocycles. The normalized spacial score (nSPS) is 35.4. The number of rotatable bonds is 5. The van der Waals surface area contributed by atoms with Crippen molar-refractivity contribution in [3.8, 4) is 0 Å². The minimum absolute atomic E-state index is 0.113. The summed E-state index contributed by atoms with van der Waals surface area (Å²) in [4.78, 5) is 0. The minimum Gasteiger partial charge on any atom is -0.396 e. The average molecular weight is 213 g/mol. The maximum atomic E-state index is 9.46. The summed E-state index contributed by atoms with van der Waals surface area (Å²) in [6.07, 6.45) is 4.85. The van der Waals surface area contributed by atoms with Gasteiger partial charge in [0.1, 0.15) is 0 Å². The van der Waals surface area contributed by atoms with E-state index < -0.39 is 0 Å². The first-order chi connectivity index (χ1) is 7.03. The largest absolute Gasteiger partial charge is 0.396 e. The van der Waals surface area contributed by atoms with E-state index in [1.165, 1.54) is 19.3 Å². The van der Waals surface area contributed by atoms with Crippen molar-refractivity contribution in [3.05, 3.63) is 0 Å². The monoisotopic (exact) mass is 213 g/mol. The zero-order valence-corrected chi connectivity index (χ0v) is 10.7. The summed E-state index contributed by atoms with van der Waals surface area (Å²) in [6, 6.07) is 1.07. The lowest BCUT2D eigenvalue weighted by atomic mass is 9.84. The molecule has 0 radical (unpaired) electrons. The van der Waals surface area contributed by atoms with E-state index in [1.807, 2.05) is 0 Å². The molecule has 1 saturated carbocycles. The van der Waals surface area contributed by atoms with Crippen LogP contribution in [0, 0.1) is 11.3 Å². The van der Waals surface area contributed by atoms with Gasteiger partial charge in [-0.05, 0) is 25.7 Å². The molecular formula is C13H27NO. The highest BCUT2D eigenvalue weighted by atomic mass is 16.3. The van der Waals surface area contributed by atoms with Gasteiger partial charge in [-0.3, -0.25) is 0 Å². The van der Waals surface area contributed by atoms with Gasteiger partial charge in [-0.1, -0.05) is 33.6 Å². The number of hydrogen-bond donors (Lipinski definition) is 2. The summed E-state index contributed by atoms with van der Waals surface area (Å²) in [7, 11) is 0. The molecule has 0 amide bonds. The smallest absolute Gasteiger partial charge is 0.0499 e. The Morgan fingerprint density at radius 1 is 1.47 bits per heavy atom. The van der Waals surface area contributed by atoms with Crippen LogP contribution in [0.3, 0.4) is 0 Å². The van der Waals surface area contributed by atoms with E-state index in [4.69, 9.17) is 0 Å². The van der Waals surface area contributed by atoms with Crippen molar-refractivity contribution in [2.45, 2.75) is 65.5 Å². The zero-order valence-electron chi connectivity index (χ0n) is 10.7. The number of nitrogens with one attached hydrogen (secondary N) is 1. The van der Waals surface area contributed by atoms with Crippen LogP contribution in [0.2, 0.25) is 0 Å². The number of aliphatic hydroxyl groups excluding tert-OH is 1. The van der Waals surface area contributed by atoms with Crippen molar-refractivity contribution in [2.75, 3.05) is 6.61 Å². The predicted molar refractivity (Wildman–Crippen MR) is 64.9 cm³/mol. The fraction of sp³-hybridized carbons (Fsp3) is 1.00. The molecule has 0 aromatic rings. The van der Waals surface area contributed by atoms with Crippen molar-refractivity contribution in [2.24, 2.45) is 11.3 Å². The highest BCUT2D eigenvalue weighted by Gasteiger charge is 2.38. The fourth-order valence-electron chi connectivity index (χ4n) is 2.54. The van der Waals surface area contributed by atoms with Crippen molar-refractivity contribution >= 4 is 0 Å². The van der Waals surface area contributed by atoms with Crippen LogP contribution in [0.4, 0.5) is 0 Å². The van der Waals surface area contributed by atoms with E-state index in [0.717, 1.165) is 6.42 Å². The summed E-state index contributed by atoms with van der Waals surface area (Å²) in [5.41, 5.74) is 0.113. The van der Waals surface area contributed by atoms with Crippen molar-refractivity contribution in [1.29, 1.82) is 0 Å². The molecule has 90 valence electrons. The third-order valence-corrected chi connectivity index (χ3v) is 4.40. The molecule has 15 heavy (non-hydrogen) atoms. The maximum Gasteiger partial charge on any atom is 0.0499 e. The second kappa shape index (κ2) is 5.31. The molecule has 0 aromatic heterocycles. The first kappa shape index (κ1) is 13.0. The molecule has 0 spiro atoms. The van der Waals surface area contributed by atoms with E-state index in [9.17, 15) is 5.11 Å². The third-order valence-electron chi connectivity index (χ3n) is 4.40. The summed E-state index contributed by atoms with van der Waals surface area (Å²) in [5, 5.41) is 13.2. The van der Waals surface area contributed by atoms with Gasteiger partial charge in [0.05, 0.1) is 0 Å². The Morgan fingerprint density at radius 3 is 2.67 bits per heavy atom. The van der Waals surface area contributed by atoms with Crippen molar-refractivity contribution in [3.63, 3.8) is 0 Å². The first-order valence-electron chi connectivity index (χ1n) is 6.40. The topological polar surface area (TPSA) is 32.3 Å². The van der Waals surface area contributed by atoms with Gasteiger partial charge in [-0.25, -0.2) is 0 Å². The van der Waals surface area contributed by atoms with Gasteiger partial charge >= 0.3 is 0 Å². The van der Waals surface area contributed by atoms with Crippen LogP contribution in [0.1, 0.15) is 53.4 Å². The van der Waals surface area contributed by atoms with E-state index in [1.54, 1.807) is 0 Å². The van der Waals surface area contributed by atoms with Crippen LogP contribution < -0.4 is 5.32 Å². The summed E-state index contributed by atoms with van der Waals surface area (Å²) < 4.78 is 0. The van der Waals surface area contributed by atoms with Gasteiger partial charge in [0.2, 0.25) is 0 Å². The Bertz CT molecular complexity index is 195. The van der Waals surface area contributed by atoms with Crippen molar-refractivity contribution < 1.29 is 5.11 Å². The standard InChI is InChI=1S/C13H27NO/c1-5-10(2)11(3)14-12-7-6-8-13(12,4)9-15/h10-12,14-15H,5-9H2,1-4H3. The molecule has 1 aliphatic carbocycles. The molecule has 0 aliphatic heterocycles. The van der Waals surface area contributed by atoms with E-state index in [-0.39, 0.29) is 5.41 Å². The molecule has 0 aromatic carbocycles. The van der Waals surface area contributed by atoms with Gasteiger partial charge in [0.25, 0.3) is 0 Å². The first-order valence-corrected chi connectivity index (χ1v) is 6.40. The van der Waals surface area contributed by atoms with Gasteiger partial charge < -0.3 is 10.4 Å². The fourth-order valence-corrected chi connectivity index (χ4v) is 2.54. The molecule has 4 unspecified atom stereocenters. The molecule has 2 N–H and O–H groups in total. The van der Waals surface area contributed by atoms with Gasteiger partial charge in [-0.15, -0.1) is 0 Å². The molecule has 1 aliphatic rings. The van der Waals surface area contributed by atoms with Crippen LogP contribution in [0.15, 0.2) is 0 Å². The SMILES string of the molecule is CCC(C)C(C)NC1CCCC1(C)CO. The van der Waals surface area contributed by atoms with Crippen LogP contribution in [-0.2, 0) is 0 Å². The third kappa shape index (κ3) is 2.94. The van der Waals surface area contributed by atoms with E-state index in [2.05, 4.69) is 33.0 Å². The van der Waals surface area contributed by atoms with Crippen LogP contribution in [0.25, 0.3) is 0 Å². The van der Waals surface area contributed by atoms with Crippen molar-refractivity contribution in [1.82, 2.24) is 5.32 Å². The molecule has 1 fully saturated rings. The quantitative estimate of drug-likeness (QED) is 0.735. The Kier molecular flexibility index (Phi) is 4.60. The molecule has 4 atom stereocenters. The maximum absolute atomic E-state index is 9.46. The second-order valence-electron chi connectivity index (χ2n) is 5.60. The predicted octanol–water partition coefficient (Wildman–Crippen LogP) is 2.56. The molecule has 2 nitrogen and oxygen atoms in total. The summed E-state index contributed by atoms with van der Waals surface area (Å²) in [6.45, 7) is 9.33. The summed E-state index contributed by atoms with van der Waals surface area (Å²) in [5.74, 6) is 0.716. The Morgan fingerprint density at radius 2 is 2.13 bits per heavy atom. The molecule has 2 heteroatoms. The lowest BCUT2D eigenvalue weighted by Gasteiger charge is -2.34. The highest BCUT2D eigenvalue weighted by molar-refractivity contribution is 4.94. The number of aliphatic hydroxyl groups is 1. The van der Waals surface area contributed by atoms with Crippen LogP contribution in [0.5, 0.6) is 0 Å². The summed E-state index contributed by atoms with van der Waals surface area (Å²) >= 11 is 0. The average Bonchev–Trinajstić information content (AvgIpc) is 2.60. The molecular weight excluding hydrogens is 186 g/mol. The van der Waals surface area contributed by atoms with Gasteiger partial charge in [0, 0.05) is 24.1 Å². The Labute approximate surface area is 94.5 Å². The Hall–Kier alpha value is -0.0800. The van der Waals surface area contributed by atoms with Gasteiger partial charge in [-0.2, -0.15) is 0 Å². The number of hydrogen-bond acceptors (Lipinski definition) is 2. The molecule has 0 bridgehead atoms. The van der Waals surface area contributed by atoms with E-state index in [0.29, 0.717) is 24.6 Å². The van der Waals surface area contributed by atoms with Crippen LogP contribution in [-0.4, -0.2) is 23.8 Å². The molecule has 1 rings (SSSR count). The molecule has 0 heterocycles. The zero-order chi connectivity index (χ0) is 11.5. The lowest BCUT2D eigenvalue weighted by molar-refractivity contribution is 0.110. The lowest BCUT2D eigenvalue weighted by Crippen LogP contribution is -2.47.